The van der Waals surface area contributed by atoms with Crippen molar-refractivity contribution < 1.29 is 24.2 Å². The average Bonchev–Trinajstić information content (AvgIpc) is 3.70. The van der Waals surface area contributed by atoms with Gasteiger partial charge in [-0.15, -0.1) is 0 Å². The van der Waals surface area contributed by atoms with Crippen molar-refractivity contribution in [3.8, 4) is 28.7 Å². The fourth-order valence-electron chi connectivity index (χ4n) is 7.27. The van der Waals surface area contributed by atoms with Crippen LogP contribution in [0.1, 0.15) is 51.5 Å². The molecule has 1 saturated heterocycles. The molecule has 13 heteroatoms. The number of halogens is 1. The van der Waals surface area contributed by atoms with Crippen LogP contribution in [-0.4, -0.2) is 79.2 Å². The number of carboxylic acids is 1. The molecule has 1 amide bonds. The number of benzene rings is 3. The summed E-state index contributed by atoms with van der Waals surface area (Å²) < 4.78 is 8.06. The second-order valence-electron chi connectivity index (χ2n) is 13.2. The highest BCUT2D eigenvalue weighted by atomic mass is 35.5. The van der Waals surface area contributed by atoms with Gasteiger partial charge in [0, 0.05) is 56.5 Å². The van der Waals surface area contributed by atoms with Gasteiger partial charge in [-0.2, -0.15) is 5.26 Å². The second kappa shape index (κ2) is 14.3. The van der Waals surface area contributed by atoms with Gasteiger partial charge in [0.15, 0.2) is 11.4 Å². The molecule has 0 spiro atoms. The van der Waals surface area contributed by atoms with Crippen molar-refractivity contribution in [3.05, 3.63) is 87.5 Å². The van der Waals surface area contributed by atoms with Crippen LogP contribution >= 0.6 is 11.6 Å². The van der Waals surface area contributed by atoms with E-state index in [4.69, 9.17) is 21.0 Å². The van der Waals surface area contributed by atoms with E-state index in [9.17, 15) is 25.1 Å². The topological polar surface area (TPSA) is 161 Å². The van der Waals surface area contributed by atoms with E-state index in [1.165, 1.54) is 0 Å². The molecule has 3 N–H and O–H groups in total. The Hall–Kier alpha value is -5.06. The van der Waals surface area contributed by atoms with Gasteiger partial charge in [-0.1, -0.05) is 35.9 Å². The molecule has 7 rings (SSSR count). The molecule has 1 fully saturated rings. The number of β-amino-alcohol motifs (C(OH)–C–C–N with tert-alkyl or cyclic N) is 1. The van der Waals surface area contributed by atoms with E-state index in [1.807, 2.05) is 61.0 Å². The normalized spacial score (nSPS) is 15.5. The first-order valence-electron chi connectivity index (χ1n) is 17.0. The Kier molecular flexibility index (Phi) is 9.63. The van der Waals surface area contributed by atoms with Gasteiger partial charge < -0.3 is 24.5 Å². The summed E-state index contributed by atoms with van der Waals surface area (Å²) in [6.07, 6.45) is 1.94. The lowest BCUT2D eigenvalue weighted by molar-refractivity contribution is -0.143. The van der Waals surface area contributed by atoms with Crippen LogP contribution in [0.4, 0.5) is 5.69 Å². The molecular weight excluding hydrogens is 670 g/mol. The lowest BCUT2D eigenvalue weighted by atomic mass is 9.96. The summed E-state index contributed by atoms with van der Waals surface area (Å²) in [5.74, 6) is -0.755. The fraction of sp³-hybridized carbons (Fsp3) is 0.342. The molecule has 262 valence electrons. The number of anilines is 1. The predicted molar refractivity (Wildman–Crippen MR) is 192 cm³/mol. The summed E-state index contributed by atoms with van der Waals surface area (Å²) in [7, 11) is 1.84. The molecule has 0 aliphatic carbocycles. The first kappa shape index (κ1) is 34.4. The summed E-state index contributed by atoms with van der Waals surface area (Å²) >= 11 is 6.98. The highest BCUT2D eigenvalue weighted by molar-refractivity contribution is 6.36. The van der Waals surface area contributed by atoms with Gasteiger partial charge in [0.1, 0.15) is 11.6 Å². The van der Waals surface area contributed by atoms with Gasteiger partial charge in [-0.25, -0.2) is 9.97 Å². The van der Waals surface area contributed by atoms with Crippen LogP contribution in [-0.2, 0) is 31.4 Å². The number of hydrogen-bond donors (Lipinski definition) is 3. The van der Waals surface area contributed by atoms with Crippen molar-refractivity contribution in [2.45, 2.75) is 39.3 Å². The lowest BCUT2D eigenvalue weighted by Gasteiger charge is -2.30. The second-order valence-corrected chi connectivity index (χ2v) is 13.6. The van der Waals surface area contributed by atoms with Crippen molar-refractivity contribution in [1.82, 2.24) is 24.3 Å². The minimum Gasteiger partial charge on any atom is -0.481 e. The number of nitrogens with one attached hydrogen (secondary N) is 1. The van der Waals surface area contributed by atoms with Crippen LogP contribution in [0, 0.1) is 24.2 Å². The monoisotopic (exact) mass is 707 g/mol. The number of carbonyl (C=O) groups excluding carboxylic acids is 1. The number of amides is 1. The number of nitrogens with zero attached hydrogens (tertiary/aromatic N) is 6. The van der Waals surface area contributed by atoms with Crippen molar-refractivity contribution in [3.63, 3.8) is 0 Å². The van der Waals surface area contributed by atoms with Crippen LogP contribution in [0.2, 0.25) is 5.02 Å². The predicted octanol–water partition coefficient (Wildman–Crippen LogP) is 5.63. The van der Waals surface area contributed by atoms with E-state index in [0.717, 1.165) is 52.2 Å². The summed E-state index contributed by atoms with van der Waals surface area (Å²) in [6, 6.07) is 17.2. The van der Waals surface area contributed by atoms with Crippen LogP contribution in [0.3, 0.4) is 0 Å². The van der Waals surface area contributed by atoms with E-state index >= 15 is 0 Å². The molecule has 0 unspecified atom stereocenters. The van der Waals surface area contributed by atoms with Crippen molar-refractivity contribution in [1.29, 1.82) is 5.26 Å². The molecule has 0 atom stereocenters. The molecule has 0 radical (unpaired) electrons. The third-order valence-electron chi connectivity index (χ3n) is 10.1. The van der Waals surface area contributed by atoms with Gasteiger partial charge in [-0.05, 0) is 73.8 Å². The summed E-state index contributed by atoms with van der Waals surface area (Å²) in [5.41, 5.74) is 7.73. The zero-order chi connectivity index (χ0) is 35.8. The number of rotatable bonds is 9. The summed E-state index contributed by atoms with van der Waals surface area (Å²) in [4.78, 5) is 38.6. The van der Waals surface area contributed by atoms with Gasteiger partial charge in [0.25, 0.3) is 5.91 Å². The Morgan fingerprint density at radius 3 is 2.55 bits per heavy atom. The quantitative estimate of drug-likeness (QED) is 0.175. The van der Waals surface area contributed by atoms with Gasteiger partial charge >= 0.3 is 5.97 Å². The number of nitriles is 1. The maximum Gasteiger partial charge on any atom is 0.306 e. The minimum absolute atomic E-state index is 0.0731. The number of aliphatic hydroxyl groups is 1. The SMILES string of the molecule is Cc1c(-c2nc3cc(CN4CCC(C(=O)O)CC4)cc(C#N)c3o2)cccc1-c1cccc(NC(=O)c2nc3c(n2C)CCN(CCO)C3)c1Cl. The molecule has 0 saturated carbocycles. The number of carbonyl (C=O) groups is 2. The van der Waals surface area contributed by atoms with Crippen LogP contribution < -0.4 is 5.32 Å². The average molecular weight is 708 g/mol. The zero-order valence-electron chi connectivity index (χ0n) is 28.4. The van der Waals surface area contributed by atoms with Gasteiger partial charge in [-0.3, -0.25) is 19.4 Å². The minimum atomic E-state index is -0.745. The number of piperidine rings is 1. The number of aliphatic hydroxyl groups excluding tert-OH is 1. The fourth-order valence-corrected chi connectivity index (χ4v) is 7.54. The van der Waals surface area contributed by atoms with Crippen molar-refractivity contribution in [2.24, 2.45) is 13.0 Å². The van der Waals surface area contributed by atoms with E-state index < -0.39 is 5.97 Å². The Bertz CT molecular complexity index is 2190. The standard InChI is InChI=1S/C38H38ClN7O5/c1-22-26(28-7-4-8-29(33(28)39)42-36(48)35-41-31-21-46(15-16-47)14-11-32(31)44(35)2)5-3-6-27(22)37-43-30-18-23(17-25(19-40)34(30)51-37)20-45-12-9-24(10-13-45)38(49)50/h3-8,17-18,24,47H,9-16,20-21H2,1-2H3,(H,42,48)(H,49,50). The molecule has 2 aliphatic rings. The van der Waals surface area contributed by atoms with E-state index in [1.54, 1.807) is 6.07 Å². The maximum atomic E-state index is 13.5. The molecule has 51 heavy (non-hydrogen) atoms. The number of imidazole rings is 1. The molecule has 0 bridgehead atoms. The van der Waals surface area contributed by atoms with Gasteiger partial charge in [0.2, 0.25) is 5.89 Å². The van der Waals surface area contributed by atoms with Crippen molar-refractivity contribution in [2.75, 3.05) is 38.1 Å². The Balaban J connectivity index is 1.14. The molecule has 5 aromatic rings. The van der Waals surface area contributed by atoms with Crippen molar-refractivity contribution >= 4 is 40.3 Å². The number of aliphatic carboxylic acids is 1. The van der Waals surface area contributed by atoms with E-state index in [2.05, 4.69) is 26.2 Å². The molecule has 2 aliphatic heterocycles. The summed E-state index contributed by atoms with van der Waals surface area (Å²) in [5, 5.41) is 32.0. The van der Waals surface area contributed by atoms with Crippen LogP contribution in [0.15, 0.2) is 52.9 Å². The van der Waals surface area contributed by atoms with E-state index in [-0.39, 0.29) is 18.4 Å². The molecule has 3 aromatic carbocycles. The zero-order valence-corrected chi connectivity index (χ0v) is 29.2. The highest BCUT2D eigenvalue weighted by Gasteiger charge is 2.27. The van der Waals surface area contributed by atoms with E-state index in [0.29, 0.717) is 84.7 Å². The number of likely N-dealkylation sites (tertiary alicyclic amines) is 1. The number of hydrogen-bond acceptors (Lipinski definition) is 9. The lowest BCUT2D eigenvalue weighted by Crippen LogP contribution is -2.35. The Morgan fingerprint density at radius 2 is 1.80 bits per heavy atom. The Morgan fingerprint density at radius 1 is 1.06 bits per heavy atom. The summed E-state index contributed by atoms with van der Waals surface area (Å²) in [6.45, 7) is 5.91. The largest absolute Gasteiger partial charge is 0.481 e. The van der Waals surface area contributed by atoms with Crippen LogP contribution in [0.5, 0.6) is 0 Å². The smallest absolute Gasteiger partial charge is 0.306 e. The third kappa shape index (κ3) is 6.73. The Labute approximate surface area is 299 Å². The highest BCUT2D eigenvalue weighted by Crippen LogP contribution is 2.39. The molecular formula is C38H38ClN7O5. The third-order valence-corrected chi connectivity index (χ3v) is 10.5. The number of fused-ring (bicyclic) bond motifs is 2. The first-order chi connectivity index (χ1) is 24.6. The molecule has 12 nitrogen and oxygen atoms in total. The molecule has 4 heterocycles. The first-order valence-corrected chi connectivity index (χ1v) is 17.4. The van der Waals surface area contributed by atoms with Gasteiger partial charge in [0.05, 0.1) is 34.5 Å². The number of carboxylic acid groups (broad SMARTS) is 1. The maximum absolute atomic E-state index is 13.5. The van der Waals surface area contributed by atoms with Crippen LogP contribution in [0.25, 0.3) is 33.7 Å². The molecule has 2 aromatic heterocycles. The number of aromatic nitrogens is 3. The number of oxazole rings is 1.